The fourth-order valence-electron chi connectivity index (χ4n) is 2.17. The Balaban J connectivity index is 2.18. The Bertz CT molecular complexity index is 609. The standard InChI is InChI=1S/C15H21N3O3/c1-17(10-11-20-2)8-9-18-13-7-5-4-6-12(13)14(16-18)15(19)21-3/h4-7H,8-11H2,1-3H3. The van der Waals surface area contributed by atoms with Crippen LogP contribution in [0.25, 0.3) is 10.9 Å². The third kappa shape index (κ3) is 3.59. The summed E-state index contributed by atoms with van der Waals surface area (Å²) in [6.07, 6.45) is 0. The van der Waals surface area contributed by atoms with E-state index >= 15 is 0 Å². The Morgan fingerprint density at radius 2 is 2.05 bits per heavy atom. The van der Waals surface area contributed by atoms with Gasteiger partial charge in [-0.3, -0.25) is 4.68 Å². The van der Waals surface area contributed by atoms with Gasteiger partial charge in [-0.1, -0.05) is 18.2 Å². The molecule has 0 spiro atoms. The second-order valence-corrected chi connectivity index (χ2v) is 4.88. The zero-order chi connectivity index (χ0) is 15.2. The Morgan fingerprint density at radius 3 is 2.76 bits per heavy atom. The summed E-state index contributed by atoms with van der Waals surface area (Å²) in [4.78, 5) is 14.0. The van der Waals surface area contributed by atoms with Crippen molar-refractivity contribution in [2.75, 3.05) is 41.0 Å². The maximum absolute atomic E-state index is 11.8. The maximum atomic E-state index is 11.8. The fourth-order valence-corrected chi connectivity index (χ4v) is 2.17. The molecule has 2 rings (SSSR count). The number of methoxy groups -OCH3 is 2. The maximum Gasteiger partial charge on any atom is 0.359 e. The Morgan fingerprint density at radius 1 is 1.29 bits per heavy atom. The number of rotatable bonds is 7. The van der Waals surface area contributed by atoms with E-state index in [-0.39, 0.29) is 0 Å². The van der Waals surface area contributed by atoms with Gasteiger partial charge in [-0.2, -0.15) is 5.10 Å². The zero-order valence-corrected chi connectivity index (χ0v) is 12.7. The van der Waals surface area contributed by atoms with Crippen LogP contribution in [0.1, 0.15) is 10.5 Å². The van der Waals surface area contributed by atoms with E-state index < -0.39 is 5.97 Å². The van der Waals surface area contributed by atoms with Crippen molar-refractivity contribution in [2.45, 2.75) is 6.54 Å². The molecule has 0 atom stereocenters. The van der Waals surface area contributed by atoms with E-state index in [0.29, 0.717) is 18.8 Å². The van der Waals surface area contributed by atoms with Gasteiger partial charge in [-0.05, 0) is 13.1 Å². The number of hydrogen-bond donors (Lipinski definition) is 0. The first-order chi connectivity index (χ1) is 10.2. The molecule has 6 nitrogen and oxygen atoms in total. The van der Waals surface area contributed by atoms with Crippen molar-refractivity contribution < 1.29 is 14.3 Å². The van der Waals surface area contributed by atoms with Crippen LogP contribution in [0.3, 0.4) is 0 Å². The molecule has 0 aliphatic rings. The second-order valence-electron chi connectivity index (χ2n) is 4.88. The van der Waals surface area contributed by atoms with Crippen molar-refractivity contribution in [1.82, 2.24) is 14.7 Å². The number of ether oxygens (including phenoxy) is 2. The molecular weight excluding hydrogens is 270 g/mol. The van der Waals surface area contributed by atoms with Crippen LogP contribution in [0.4, 0.5) is 0 Å². The summed E-state index contributed by atoms with van der Waals surface area (Å²) in [5.41, 5.74) is 1.31. The summed E-state index contributed by atoms with van der Waals surface area (Å²) in [5, 5.41) is 5.22. The third-order valence-corrected chi connectivity index (χ3v) is 3.41. The van der Waals surface area contributed by atoms with Crippen molar-refractivity contribution in [3.8, 4) is 0 Å². The van der Waals surface area contributed by atoms with Crippen LogP contribution in [0.5, 0.6) is 0 Å². The molecule has 0 N–H and O–H groups in total. The van der Waals surface area contributed by atoms with E-state index in [1.165, 1.54) is 7.11 Å². The molecule has 0 aliphatic heterocycles. The second kappa shape index (κ2) is 7.19. The van der Waals surface area contributed by atoms with Gasteiger partial charge in [0.15, 0.2) is 5.69 Å². The summed E-state index contributed by atoms with van der Waals surface area (Å²) >= 11 is 0. The molecule has 114 valence electrons. The lowest BCUT2D eigenvalue weighted by Crippen LogP contribution is -2.27. The zero-order valence-electron chi connectivity index (χ0n) is 12.7. The molecule has 21 heavy (non-hydrogen) atoms. The largest absolute Gasteiger partial charge is 0.464 e. The van der Waals surface area contributed by atoms with Crippen LogP contribution >= 0.6 is 0 Å². The molecule has 1 aromatic heterocycles. The SMILES string of the molecule is COCCN(C)CCn1nc(C(=O)OC)c2ccccc21. The van der Waals surface area contributed by atoms with Gasteiger partial charge >= 0.3 is 5.97 Å². The minimum Gasteiger partial charge on any atom is -0.464 e. The van der Waals surface area contributed by atoms with E-state index in [9.17, 15) is 4.79 Å². The first-order valence-electron chi connectivity index (χ1n) is 6.88. The average molecular weight is 291 g/mol. The fraction of sp³-hybridized carbons (Fsp3) is 0.467. The number of hydrogen-bond acceptors (Lipinski definition) is 5. The van der Waals surface area contributed by atoms with Gasteiger partial charge in [0.05, 0.1) is 25.8 Å². The molecule has 6 heteroatoms. The summed E-state index contributed by atoms with van der Waals surface area (Å²) in [7, 11) is 5.10. The number of nitrogens with zero attached hydrogens (tertiary/aromatic N) is 3. The number of aromatic nitrogens is 2. The van der Waals surface area contributed by atoms with E-state index in [2.05, 4.69) is 10.00 Å². The summed E-state index contributed by atoms with van der Waals surface area (Å²) in [6.45, 7) is 3.09. The summed E-state index contributed by atoms with van der Waals surface area (Å²) in [5.74, 6) is -0.405. The number of benzene rings is 1. The molecule has 0 radical (unpaired) electrons. The minimum absolute atomic E-state index is 0.368. The quantitative estimate of drug-likeness (QED) is 0.722. The van der Waals surface area contributed by atoms with Crippen molar-refractivity contribution in [2.24, 2.45) is 0 Å². The van der Waals surface area contributed by atoms with Crippen molar-refractivity contribution in [3.63, 3.8) is 0 Å². The highest BCUT2D eigenvalue weighted by Crippen LogP contribution is 2.19. The Hall–Kier alpha value is -1.92. The number of likely N-dealkylation sites (N-methyl/N-ethyl adjacent to an activating group) is 1. The predicted molar refractivity (Wildman–Crippen MR) is 80.4 cm³/mol. The molecule has 1 aromatic carbocycles. The molecule has 0 amide bonds. The summed E-state index contributed by atoms with van der Waals surface area (Å²) in [6, 6.07) is 7.69. The molecule has 1 heterocycles. The van der Waals surface area contributed by atoms with Crippen LogP contribution in [0.2, 0.25) is 0 Å². The molecule has 0 saturated heterocycles. The number of fused-ring (bicyclic) bond motifs is 1. The average Bonchev–Trinajstić information content (AvgIpc) is 2.89. The topological polar surface area (TPSA) is 56.6 Å². The predicted octanol–water partition coefficient (Wildman–Crippen LogP) is 1.40. The molecule has 0 saturated carbocycles. The number of esters is 1. The number of carbonyl (C=O) groups excluding carboxylic acids is 1. The highest BCUT2D eigenvalue weighted by molar-refractivity contribution is 6.02. The van der Waals surface area contributed by atoms with Crippen LogP contribution in [0, 0.1) is 0 Å². The number of carbonyl (C=O) groups is 1. The number of para-hydroxylation sites is 1. The molecule has 2 aromatic rings. The molecular formula is C15H21N3O3. The highest BCUT2D eigenvalue weighted by Gasteiger charge is 2.17. The van der Waals surface area contributed by atoms with Crippen LogP contribution < -0.4 is 0 Å². The van der Waals surface area contributed by atoms with Crippen LogP contribution in [-0.4, -0.2) is 61.6 Å². The first kappa shape index (κ1) is 15.5. The monoisotopic (exact) mass is 291 g/mol. The lowest BCUT2D eigenvalue weighted by molar-refractivity contribution is 0.0595. The normalized spacial score (nSPS) is 11.2. The van der Waals surface area contributed by atoms with E-state index in [4.69, 9.17) is 9.47 Å². The first-order valence-corrected chi connectivity index (χ1v) is 6.88. The lowest BCUT2D eigenvalue weighted by atomic mass is 10.2. The molecule has 0 fully saturated rings. The van der Waals surface area contributed by atoms with Gasteiger partial charge in [0.2, 0.25) is 0 Å². The molecule has 0 bridgehead atoms. The van der Waals surface area contributed by atoms with Crippen LogP contribution in [-0.2, 0) is 16.0 Å². The van der Waals surface area contributed by atoms with Gasteiger partial charge < -0.3 is 14.4 Å². The highest BCUT2D eigenvalue weighted by atomic mass is 16.5. The van der Waals surface area contributed by atoms with Crippen LogP contribution in [0.15, 0.2) is 24.3 Å². The van der Waals surface area contributed by atoms with Crippen molar-refractivity contribution >= 4 is 16.9 Å². The van der Waals surface area contributed by atoms with Gasteiger partial charge in [0.25, 0.3) is 0 Å². The smallest absolute Gasteiger partial charge is 0.359 e. The Kier molecular flexibility index (Phi) is 5.30. The van der Waals surface area contributed by atoms with Gasteiger partial charge in [0.1, 0.15) is 0 Å². The molecule has 0 unspecified atom stereocenters. The summed E-state index contributed by atoms with van der Waals surface area (Å²) < 4.78 is 11.7. The minimum atomic E-state index is -0.405. The third-order valence-electron chi connectivity index (χ3n) is 3.41. The molecule has 0 aliphatic carbocycles. The van der Waals surface area contributed by atoms with E-state index in [0.717, 1.165) is 24.0 Å². The van der Waals surface area contributed by atoms with Crippen molar-refractivity contribution in [1.29, 1.82) is 0 Å². The van der Waals surface area contributed by atoms with Gasteiger partial charge in [-0.25, -0.2) is 4.79 Å². The van der Waals surface area contributed by atoms with Crippen molar-refractivity contribution in [3.05, 3.63) is 30.0 Å². The Labute approximate surface area is 124 Å². The van der Waals surface area contributed by atoms with E-state index in [1.54, 1.807) is 7.11 Å². The van der Waals surface area contributed by atoms with Gasteiger partial charge in [-0.15, -0.1) is 0 Å². The van der Waals surface area contributed by atoms with Gasteiger partial charge in [0, 0.05) is 25.6 Å². The van der Waals surface area contributed by atoms with E-state index in [1.807, 2.05) is 36.0 Å². The lowest BCUT2D eigenvalue weighted by Gasteiger charge is -2.16.